The molecule has 4 rings (SSSR count). The number of pyridine rings is 1. The molecule has 8 heteroatoms. The molecule has 2 aromatic carbocycles. The number of hydrogen-bond donors (Lipinski definition) is 2. The number of nitrogens with zero attached hydrogens (tertiary/aromatic N) is 2. The number of aryl methyl sites for hydroxylation is 1. The number of aromatic nitrogens is 1. The van der Waals surface area contributed by atoms with Crippen LogP contribution in [0.2, 0.25) is 0 Å². The van der Waals surface area contributed by atoms with Crippen LogP contribution in [0.3, 0.4) is 0 Å². The van der Waals surface area contributed by atoms with E-state index in [9.17, 15) is 9.59 Å². The van der Waals surface area contributed by atoms with E-state index in [4.69, 9.17) is 9.47 Å². The third-order valence-electron chi connectivity index (χ3n) is 8.50. The molecule has 2 N–H and O–H groups in total. The van der Waals surface area contributed by atoms with Gasteiger partial charge in [-0.25, -0.2) is 4.79 Å². The second-order valence-electron chi connectivity index (χ2n) is 13.2. The lowest BCUT2D eigenvalue weighted by atomic mass is 9.93. The van der Waals surface area contributed by atoms with Crippen LogP contribution < -0.4 is 25.7 Å². The Morgan fingerprint density at radius 3 is 2.15 bits per heavy atom. The molecule has 2 heterocycles. The van der Waals surface area contributed by atoms with Crippen LogP contribution in [0.25, 0.3) is 11.1 Å². The van der Waals surface area contributed by atoms with E-state index in [1.54, 1.807) is 4.57 Å². The highest BCUT2D eigenvalue weighted by Crippen LogP contribution is 2.38. The number of hydrogen-bond acceptors (Lipinski definition) is 5. The molecule has 1 aliphatic rings. The van der Waals surface area contributed by atoms with Crippen molar-refractivity contribution in [3.63, 3.8) is 0 Å². The maximum Gasteiger partial charge on any atom is 0.323 e. The Labute approximate surface area is 275 Å². The van der Waals surface area contributed by atoms with Gasteiger partial charge in [0.15, 0.2) is 0 Å². The van der Waals surface area contributed by atoms with Crippen molar-refractivity contribution in [2.24, 2.45) is 0 Å². The van der Waals surface area contributed by atoms with E-state index in [0.29, 0.717) is 35.8 Å². The second kappa shape index (κ2) is 16.7. The highest BCUT2D eigenvalue weighted by atomic mass is 16.5. The fraction of sp³-hybridized carbons (Fsp3) is 0.526. The van der Waals surface area contributed by atoms with Gasteiger partial charge in [-0.3, -0.25) is 9.69 Å². The highest BCUT2D eigenvalue weighted by Gasteiger charge is 2.22. The van der Waals surface area contributed by atoms with Crippen molar-refractivity contribution in [3.8, 4) is 22.6 Å². The highest BCUT2D eigenvalue weighted by molar-refractivity contribution is 6.03. The minimum atomic E-state index is -0.457. The summed E-state index contributed by atoms with van der Waals surface area (Å²) in [5.41, 5.74) is 4.14. The van der Waals surface area contributed by atoms with Gasteiger partial charge in [0.05, 0.1) is 6.10 Å². The van der Waals surface area contributed by atoms with Crippen LogP contribution in [-0.4, -0.2) is 47.8 Å². The maximum absolute atomic E-state index is 14.0. The quantitative estimate of drug-likeness (QED) is 0.186. The number of nitrogens with one attached hydrogen (secondary N) is 2. The fourth-order valence-corrected chi connectivity index (χ4v) is 6.02. The van der Waals surface area contributed by atoms with Gasteiger partial charge in [0.25, 0.3) is 5.56 Å². The first-order valence-corrected chi connectivity index (χ1v) is 17.2. The molecule has 250 valence electrons. The van der Waals surface area contributed by atoms with Gasteiger partial charge in [0.1, 0.15) is 23.8 Å². The number of carbonyl (C=O) groups is 1. The molecule has 0 spiro atoms. The first kappa shape index (κ1) is 35.1. The zero-order chi connectivity index (χ0) is 33.2. The van der Waals surface area contributed by atoms with E-state index in [1.807, 2.05) is 62.5 Å². The summed E-state index contributed by atoms with van der Waals surface area (Å²) in [6.07, 6.45) is 7.30. The molecule has 1 fully saturated rings. The van der Waals surface area contributed by atoms with Crippen LogP contribution >= 0.6 is 0 Å². The van der Waals surface area contributed by atoms with Crippen LogP contribution in [0, 0.1) is 0 Å². The molecule has 1 saturated heterocycles. The van der Waals surface area contributed by atoms with Crippen molar-refractivity contribution >= 4 is 17.4 Å². The number of ether oxygens (including phenoxy) is 2. The van der Waals surface area contributed by atoms with Crippen molar-refractivity contribution in [2.45, 2.75) is 105 Å². The normalized spacial score (nSPS) is 13.8. The van der Waals surface area contributed by atoms with E-state index < -0.39 is 6.03 Å². The molecule has 1 aliphatic heterocycles. The Kier molecular flexibility index (Phi) is 12.7. The smallest absolute Gasteiger partial charge is 0.323 e. The standard InChI is InChI=1S/C38H54N4O4/c1-8-9-21-42-22-18-32(33-25-29(16-17-34(33)46-28(6)7)45-24-23-41-19-11-10-12-20-41)36(37(42)43)40-38(44)39-35-30(26(2)3)14-13-15-31(35)27(4)5/h13-18,22,25-28H,8-12,19-21,23-24H2,1-7H3,(H2,39,40,44). The molecule has 1 aromatic heterocycles. The molecular weight excluding hydrogens is 576 g/mol. The third-order valence-corrected chi connectivity index (χ3v) is 8.50. The van der Waals surface area contributed by atoms with Crippen molar-refractivity contribution in [2.75, 3.05) is 36.9 Å². The number of amides is 2. The number of piperidine rings is 1. The Balaban J connectivity index is 1.72. The number of benzene rings is 2. The van der Waals surface area contributed by atoms with Gasteiger partial charge in [-0.05, 0) is 93.4 Å². The zero-order valence-electron chi connectivity index (χ0n) is 28.9. The molecule has 3 aromatic rings. The van der Waals surface area contributed by atoms with E-state index in [1.165, 1.54) is 19.3 Å². The Morgan fingerprint density at radius 2 is 1.52 bits per heavy atom. The first-order chi connectivity index (χ1) is 22.1. The number of urea groups is 1. The van der Waals surface area contributed by atoms with Crippen LogP contribution in [0.4, 0.5) is 16.2 Å². The molecule has 46 heavy (non-hydrogen) atoms. The Morgan fingerprint density at radius 1 is 0.848 bits per heavy atom. The molecule has 8 nitrogen and oxygen atoms in total. The van der Waals surface area contributed by atoms with Gasteiger partial charge < -0.3 is 24.7 Å². The van der Waals surface area contributed by atoms with Crippen LogP contribution in [0.5, 0.6) is 11.5 Å². The lowest BCUT2D eigenvalue weighted by molar-refractivity contribution is 0.183. The van der Waals surface area contributed by atoms with E-state index >= 15 is 0 Å². The molecule has 2 amide bonds. The van der Waals surface area contributed by atoms with Crippen LogP contribution in [0.15, 0.2) is 53.5 Å². The summed E-state index contributed by atoms with van der Waals surface area (Å²) in [5.74, 6) is 1.74. The monoisotopic (exact) mass is 630 g/mol. The summed E-state index contributed by atoms with van der Waals surface area (Å²) < 4.78 is 14.1. The van der Waals surface area contributed by atoms with Crippen molar-refractivity contribution in [1.29, 1.82) is 0 Å². The number of rotatable bonds is 14. The average Bonchev–Trinajstić information content (AvgIpc) is 3.02. The zero-order valence-corrected chi connectivity index (χ0v) is 28.9. The minimum absolute atomic E-state index is 0.0868. The molecule has 0 saturated carbocycles. The fourth-order valence-electron chi connectivity index (χ4n) is 6.02. The van der Waals surface area contributed by atoms with Gasteiger partial charge in [0.2, 0.25) is 0 Å². The number of carbonyl (C=O) groups excluding carboxylic acids is 1. The predicted molar refractivity (Wildman–Crippen MR) is 190 cm³/mol. The van der Waals surface area contributed by atoms with Gasteiger partial charge >= 0.3 is 6.03 Å². The summed E-state index contributed by atoms with van der Waals surface area (Å²) in [6.45, 7) is 18.7. The van der Waals surface area contributed by atoms with E-state index in [2.05, 4.69) is 50.2 Å². The van der Waals surface area contributed by atoms with Gasteiger partial charge in [-0.15, -0.1) is 0 Å². The van der Waals surface area contributed by atoms with Crippen molar-refractivity contribution in [3.05, 3.63) is 70.1 Å². The largest absolute Gasteiger partial charge is 0.492 e. The van der Waals surface area contributed by atoms with Gasteiger partial charge in [-0.1, -0.05) is 65.7 Å². The molecule has 0 bridgehead atoms. The van der Waals surface area contributed by atoms with Crippen LogP contribution in [-0.2, 0) is 6.54 Å². The summed E-state index contributed by atoms with van der Waals surface area (Å²) >= 11 is 0. The number of likely N-dealkylation sites (tertiary alicyclic amines) is 1. The first-order valence-electron chi connectivity index (χ1n) is 17.2. The second-order valence-corrected chi connectivity index (χ2v) is 13.2. The SMILES string of the molecule is CCCCn1ccc(-c2cc(OCCN3CCCCC3)ccc2OC(C)C)c(NC(=O)Nc2c(C(C)C)cccc2C(C)C)c1=O. The Bertz CT molecular complexity index is 1480. The summed E-state index contributed by atoms with van der Waals surface area (Å²) in [5, 5.41) is 6.09. The minimum Gasteiger partial charge on any atom is -0.492 e. The maximum atomic E-state index is 14.0. The van der Waals surface area contributed by atoms with E-state index in [-0.39, 0.29) is 29.2 Å². The third kappa shape index (κ3) is 9.15. The lowest BCUT2D eigenvalue weighted by Crippen LogP contribution is -2.33. The summed E-state index contributed by atoms with van der Waals surface area (Å²) in [6, 6.07) is 13.3. The number of unbranched alkanes of at least 4 members (excludes halogenated alkanes) is 1. The van der Waals surface area contributed by atoms with Crippen LogP contribution in [0.1, 0.15) is 104 Å². The van der Waals surface area contributed by atoms with Gasteiger partial charge in [-0.2, -0.15) is 0 Å². The van der Waals surface area contributed by atoms with E-state index in [0.717, 1.165) is 49.3 Å². The molecule has 0 aliphatic carbocycles. The molecule has 0 radical (unpaired) electrons. The lowest BCUT2D eigenvalue weighted by Gasteiger charge is -2.26. The van der Waals surface area contributed by atoms with Crippen molar-refractivity contribution in [1.82, 2.24) is 9.47 Å². The van der Waals surface area contributed by atoms with Crippen molar-refractivity contribution < 1.29 is 14.3 Å². The average molecular weight is 631 g/mol. The van der Waals surface area contributed by atoms with Gasteiger partial charge in [0, 0.05) is 36.1 Å². The number of para-hydroxylation sites is 1. The predicted octanol–water partition coefficient (Wildman–Crippen LogP) is 8.86. The molecule has 0 atom stereocenters. The molecular formula is C38H54N4O4. The Hall–Kier alpha value is -3.78. The number of anilines is 2. The topological polar surface area (TPSA) is 84.8 Å². The summed E-state index contributed by atoms with van der Waals surface area (Å²) in [4.78, 5) is 30.2. The molecule has 0 unspecified atom stereocenters. The summed E-state index contributed by atoms with van der Waals surface area (Å²) in [7, 11) is 0.